The largest absolute Gasteiger partial charge is 0.341 e. The van der Waals surface area contributed by atoms with Crippen LogP contribution in [-0.4, -0.2) is 19.9 Å². The standard InChI is InChI=1S/C24H20N6/c25-11-21-27-19-7-3-15-9-13(1-5-17(15)23(19)29-21)14-2-6-18-16(10-14)4-8-20-24(18)30-22(12-26)28-20/h1-10H,11-12,25-26H2,(H,27,29)(H,28,30). The summed E-state index contributed by atoms with van der Waals surface area (Å²) in [7, 11) is 0. The van der Waals surface area contributed by atoms with Crippen LogP contribution in [0.2, 0.25) is 0 Å². The Balaban J connectivity index is 1.50. The highest BCUT2D eigenvalue weighted by molar-refractivity contribution is 6.07. The van der Waals surface area contributed by atoms with Crippen molar-refractivity contribution in [1.29, 1.82) is 0 Å². The Kier molecular flexibility index (Phi) is 3.65. The lowest BCUT2D eigenvalue weighted by Crippen LogP contribution is -1.97. The molecule has 0 fully saturated rings. The molecule has 2 aromatic heterocycles. The van der Waals surface area contributed by atoms with E-state index in [1.165, 1.54) is 11.1 Å². The van der Waals surface area contributed by atoms with Gasteiger partial charge in [0.25, 0.3) is 0 Å². The first-order valence-electron chi connectivity index (χ1n) is 9.97. The highest BCUT2D eigenvalue weighted by atomic mass is 14.9. The van der Waals surface area contributed by atoms with Gasteiger partial charge in [-0.3, -0.25) is 0 Å². The minimum absolute atomic E-state index is 0.404. The molecule has 0 unspecified atom stereocenters. The number of hydrogen-bond donors (Lipinski definition) is 4. The minimum atomic E-state index is 0.404. The van der Waals surface area contributed by atoms with Gasteiger partial charge in [-0.25, -0.2) is 9.97 Å². The summed E-state index contributed by atoms with van der Waals surface area (Å²) in [6.07, 6.45) is 0. The molecule has 0 aliphatic heterocycles. The fourth-order valence-electron chi connectivity index (χ4n) is 4.26. The minimum Gasteiger partial charge on any atom is -0.341 e. The number of hydrogen-bond acceptors (Lipinski definition) is 4. The summed E-state index contributed by atoms with van der Waals surface area (Å²) in [4.78, 5) is 15.8. The molecule has 0 saturated carbocycles. The normalized spacial score (nSPS) is 11.9. The summed E-state index contributed by atoms with van der Waals surface area (Å²) in [6.45, 7) is 0.808. The highest BCUT2D eigenvalue weighted by Gasteiger charge is 2.10. The number of benzene rings is 4. The molecule has 6 N–H and O–H groups in total. The van der Waals surface area contributed by atoms with Gasteiger partial charge in [-0.15, -0.1) is 0 Å². The molecular weight excluding hydrogens is 372 g/mol. The first kappa shape index (κ1) is 17.1. The SMILES string of the molecule is NCc1nc2c(ccc3cc(-c4ccc5c(ccc6[nH]c(CN)nc65)c4)ccc32)[nH]1. The lowest BCUT2D eigenvalue weighted by molar-refractivity contribution is 0.959. The van der Waals surface area contributed by atoms with Crippen molar-refractivity contribution >= 4 is 43.6 Å². The van der Waals surface area contributed by atoms with Crippen LogP contribution in [0.15, 0.2) is 60.7 Å². The summed E-state index contributed by atoms with van der Waals surface area (Å²) in [5.74, 6) is 1.61. The van der Waals surface area contributed by atoms with Crippen molar-refractivity contribution in [3.8, 4) is 11.1 Å². The molecule has 6 rings (SSSR count). The van der Waals surface area contributed by atoms with Crippen molar-refractivity contribution in [2.45, 2.75) is 13.1 Å². The van der Waals surface area contributed by atoms with E-state index in [0.29, 0.717) is 13.1 Å². The van der Waals surface area contributed by atoms with Gasteiger partial charge >= 0.3 is 0 Å². The molecule has 6 nitrogen and oxygen atoms in total. The number of imidazole rings is 2. The van der Waals surface area contributed by atoms with Crippen LogP contribution in [0, 0.1) is 0 Å². The van der Waals surface area contributed by atoms with Crippen LogP contribution in [0.4, 0.5) is 0 Å². The predicted molar refractivity (Wildman–Crippen MR) is 122 cm³/mol. The van der Waals surface area contributed by atoms with Crippen LogP contribution in [0.1, 0.15) is 11.6 Å². The Morgan fingerprint density at radius 3 is 1.50 bits per heavy atom. The lowest BCUT2D eigenvalue weighted by Gasteiger charge is -2.07. The molecule has 146 valence electrons. The van der Waals surface area contributed by atoms with Gasteiger partial charge in [0, 0.05) is 10.8 Å². The van der Waals surface area contributed by atoms with Crippen molar-refractivity contribution in [2.75, 3.05) is 0 Å². The fourth-order valence-corrected chi connectivity index (χ4v) is 4.26. The van der Waals surface area contributed by atoms with Gasteiger partial charge in [-0.05, 0) is 46.2 Å². The Morgan fingerprint density at radius 2 is 1.07 bits per heavy atom. The van der Waals surface area contributed by atoms with Gasteiger partial charge in [-0.1, -0.05) is 36.4 Å². The number of aromatic amines is 2. The predicted octanol–water partition coefficient (Wildman–Crippen LogP) is 4.33. The number of fused-ring (bicyclic) bond motifs is 6. The molecule has 30 heavy (non-hydrogen) atoms. The number of nitrogens with two attached hydrogens (primary N) is 2. The van der Waals surface area contributed by atoms with E-state index in [-0.39, 0.29) is 0 Å². The van der Waals surface area contributed by atoms with E-state index in [2.05, 4.69) is 80.6 Å². The second-order valence-electron chi connectivity index (χ2n) is 7.57. The summed E-state index contributed by atoms with van der Waals surface area (Å²) >= 11 is 0. The van der Waals surface area contributed by atoms with Crippen molar-refractivity contribution in [2.24, 2.45) is 11.5 Å². The van der Waals surface area contributed by atoms with Gasteiger partial charge in [-0.2, -0.15) is 0 Å². The van der Waals surface area contributed by atoms with Gasteiger partial charge in [0.2, 0.25) is 0 Å². The highest BCUT2D eigenvalue weighted by Crippen LogP contribution is 2.32. The van der Waals surface area contributed by atoms with Crippen molar-refractivity contribution in [1.82, 2.24) is 19.9 Å². The van der Waals surface area contributed by atoms with E-state index < -0.39 is 0 Å². The topological polar surface area (TPSA) is 109 Å². The fraction of sp³-hybridized carbons (Fsp3) is 0.0833. The van der Waals surface area contributed by atoms with Gasteiger partial charge in [0.1, 0.15) is 11.6 Å². The molecule has 2 heterocycles. The van der Waals surface area contributed by atoms with Crippen LogP contribution >= 0.6 is 0 Å². The van der Waals surface area contributed by atoms with E-state index in [0.717, 1.165) is 55.3 Å². The van der Waals surface area contributed by atoms with Crippen LogP contribution < -0.4 is 11.5 Å². The molecule has 6 heteroatoms. The van der Waals surface area contributed by atoms with Crippen LogP contribution in [-0.2, 0) is 13.1 Å². The first-order valence-corrected chi connectivity index (χ1v) is 9.97. The third kappa shape index (κ3) is 2.51. The van der Waals surface area contributed by atoms with Crippen molar-refractivity contribution in [3.05, 3.63) is 72.3 Å². The van der Waals surface area contributed by atoms with Crippen LogP contribution in [0.3, 0.4) is 0 Å². The number of nitrogens with one attached hydrogen (secondary N) is 2. The maximum atomic E-state index is 5.74. The molecule has 0 radical (unpaired) electrons. The van der Waals surface area contributed by atoms with Crippen LogP contribution in [0.25, 0.3) is 54.7 Å². The zero-order valence-electron chi connectivity index (χ0n) is 16.2. The molecule has 4 aromatic carbocycles. The average molecular weight is 392 g/mol. The van der Waals surface area contributed by atoms with Crippen LogP contribution in [0.5, 0.6) is 0 Å². The Labute approximate surface area is 171 Å². The maximum Gasteiger partial charge on any atom is 0.121 e. The Bertz CT molecular complexity index is 1450. The second-order valence-corrected chi connectivity index (χ2v) is 7.57. The summed E-state index contributed by atoms with van der Waals surface area (Å²) in [6, 6.07) is 21.4. The van der Waals surface area contributed by atoms with Crippen molar-refractivity contribution in [3.63, 3.8) is 0 Å². The smallest absolute Gasteiger partial charge is 0.121 e. The van der Waals surface area contributed by atoms with E-state index in [9.17, 15) is 0 Å². The summed E-state index contributed by atoms with van der Waals surface area (Å²) in [5, 5.41) is 4.57. The van der Waals surface area contributed by atoms with Crippen molar-refractivity contribution < 1.29 is 0 Å². The zero-order valence-corrected chi connectivity index (χ0v) is 16.2. The number of nitrogens with zero attached hydrogens (tertiary/aromatic N) is 2. The number of rotatable bonds is 3. The Morgan fingerprint density at radius 1 is 0.600 bits per heavy atom. The van der Waals surface area contributed by atoms with Gasteiger partial charge in [0.05, 0.1) is 35.2 Å². The third-order valence-corrected chi connectivity index (χ3v) is 5.75. The molecule has 0 atom stereocenters. The molecular formula is C24H20N6. The molecule has 0 saturated heterocycles. The molecule has 0 aliphatic rings. The molecule has 0 bridgehead atoms. The molecule has 0 amide bonds. The third-order valence-electron chi connectivity index (χ3n) is 5.75. The Hall–Kier alpha value is -3.74. The van der Waals surface area contributed by atoms with E-state index in [4.69, 9.17) is 11.5 Å². The zero-order chi connectivity index (χ0) is 20.2. The van der Waals surface area contributed by atoms with E-state index in [1.54, 1.807) is 0 Å². The molecule has 6 aromatic rings. The summed E-state index contributed by atoms with van der Waals surface area (Å²) in [5.41, 5.74) is 17.8. The van der Waals surface area contributed by atoms with E-state index >= 15 is 0 Å². The molecule has 0 spiro atoms. The second kappa shape index (κ2) is 6.38. The number of aromatic nitrogens is 4. The lowest BCUT2D eigenvalue weighted by atomic mass is 9.98. The molecule has 0 aliphatic carbocycles. The summed E-state index contributed by atoms with van der Waals surface area (Å²) < 4.78 is 0. The number of H-pyrrole nitrogens is 2. The first-order chi connectivity index (χ1) is 14.7. The van der Waals surface area contributed by atoms with Gasteiger partial charge in [0.15, 0.2) is 0 Å². The monoisotopic (exact) mass is 392 g/mol. The average Bonchev–Trinajstić information content (AvgIpc) is 3.42. The quantitative estimate of drug-likeness (QED) is 0.359. The maximum absolute atomic E-state index is 5.74. The van der Waals surface area contributed by atoms with Gasteiger partial charge < -0.3 is 21.4 Å². The van der Waals surface area contributed by atoms with E-state index in [1.807, 2.05) is 0 Å².